The number of nitrogens with zero attached hydrogens (tertiary/aromatic N) is 5. The van der Waals surface area contributed by atoms with Crippen molar-refractivity contribution >= 4 is 39.7 Å². The number of aryl methyl sites for hydroxylation is 1. The summed E-state index contributed by atoms with van der Waals surface area (Å²) in [7, 11) is 0. The Labute approximate surface area is 151 Å². The van der Waals surface area contributed by atoms with Crippen LogP contribution in [0.1, 0.15) is 18.6 Å². The van der Waals surface area contributed by atoms with E-state index in [1.165, 1.54) is 15.7 Å². The van der Waals surface area contributed by atoms with Crippen molar-refractivity contribution in [1.29, 1.82) is 0 Å². The Balaban J connectivity index is 1.45. The molecule has 10 nitrogen and oxygen atoms in total. The highest BCUT2D eigenvalue weighted by molar-refractivity contribution is 7.15. The Bertz CT molecular complexity index is 968. The van der Waals surface area contributed by atoms with Gasteiger partial charge in [-0.25, -0.2) is 0 Å². The normalized spacial score (nSPS) is 15.5. The van der Waals surface area contributed by atoms with Crippen molar-refractivity contribution < 1.29 is 14.2 Å². The first-order chi connectivity index (χ1) is 12.5. The molecule has 0 aromatic carbocycles. The third kappa shape index (κ3) is 2.90. The molecule has 26 heavy (non-hydrogen) atoms. The number of imidazole rings is 1. The second kappa shape index (κ2) is 6.41. The van der Waals surface area contributed by atoms with Gasteiger partial charge in [-0.1, -0.05) is 16.5 Å². The number of anilines is 2. The van der Waals surface area contributed by atoms with Gasteiger partial charge in [0.05, 0.1) is 0 Å². The standard InChI is InChI=1S/C15H16N6O4S/c1-9-8-11(18-25-9)16-13(22)10-2-4-19(5-3-10)12-14(21(23)24)20-6-7-26-15(20)17-12/h6-8,10H,2-5H2,1H3,(H,16,18,22). The van der Waals surface area contributed by atoms with Crippen LogP contribution in [0, 0.1) is 23.0 Å². The van der Waals surface area contributed by atoms with Crippen molar-refractivity contribution in [2.75, 3.05) is 23.3 Å². The van der Waals surface area contributed by atoms with Crippen molar-refractivity contribution in [1.82, 2.24) is 14.5 Å². The monoisotopic (exact) mass is 376 g/mol. The molecule has 0 unspecified atom stereocenters. The molecule has 0 bridgehead atoms. The number of piperidine rings is 1. The van der Waals surface area contributed by atoms with Gasteiger partial charge in [0.1, 0.15) is 12.0 Å². The van der Waals surface area contributed by atoms with Gasteiger partial charge < -0.3 is 24.9 Å². The molecule has 1 N–H and O–H groups in total. The summed E-state index contributed by atoms with van der Waals surface area (Å²) in [5.41, 5.74) is 0. The molecule has 0 spiro atoms. The molecule has 0 atom stereocenters. The molecular weight excluding hydrogens is 360 g/mol. The maximum absolute atomic E-state index is 12.4. The van der Waals surface area contributed by atoms with E-state index in [2.05, 4.69) is 15.5 Å². The number of amides is 1. The number of nitro groups is 1. The predicted octanol–water partition coefficient (Wildman–Crippen LogP) is 2.46. The van der Waals surface area contributed by atoms with E-state index >= 15 is 0 Å². The summed E-state index contributed by atoms with van der Waals surface area (Å²) in [6.45, 7) is 2.81. The third-order valence-corrected chi connectivity index (χ3v) is 5.19. The van der Waals surface area contributed by atoms with E-state index in [0.717, 1.165) is 0 Å². The van der Waals surface area contributed by atoms with Gasteiger partial charge in [-0.3, -0.25) is 4.79 Å². The molecule has 3 aromatic rings. The number of carbonyl (C=O) groups excluding carboxylic acids is 1. The van der Waals surface area contributed by atoms with Crippen LogP contribution in [0.2, 0.25) is 0 Å². The molecule has 0 saturated carbocycles. The first kappa shape index (κ1) is 16.5. The van der Waals surface area contributed by atoms with Crippen LogP contribution in [0.4, 0.5) is 17.5 Å². The first-order valence-electron chi connectivity index (χ1n) is 8.12. The fraction of sp³-hybridized carbons (Fsp3) is 0.400. The van der Waals surface area contributed by atoms with Crippen LogP contribution in [0.3, 0.4) is 0 Å². The molecule has 0 radical (unpaired) electrons. The average Bonchev–Trinajstić information content (AvgIpc) is 3.30. The number of nitrogens with one attached hydrogen (secondary N) is 1. The highest BCUT2D eigenvalue weighted by Crippen LogP contribution is 2.33. The molecule has 0 aliphatic carbocycles. The maximum atomic E-state index is 12.4. The molecule has 1 aliphatic heterocycles. The number of hydrogen-bond donors (Lipinski definition) is 1. The van der Waals surface area contributed by atoms with Gasteiger partial charge in [-0.05, 0) is 24.7 Å². The average molecular weight is 376 g/mol. The summed E-state index contributed by atoms with van der Waals surface area (Å²) in [6.07, 6.45) is 2.82. The van der Waals surface area contributed by atoms with Crippen LogP contribution in [0.25, 0.3) is 4.96 Å². The second-order valence-electron chi connectivity index (χ2n) is 6.15. The predicted molar refractivity (Wildman–Crippen MR) is 94.5 cm³/mol. The van der Waals surface area contributed by atoms with Gasteiger partial charge in [-0.15, -0.1) is 0 Å². The van der Waals surface area contributed by atoms with Crippen LogP contribution >= 0.6 is 11.3 Å². The zero-order valence-electron chi connectivity index (χ0n) is 13.9. The van der Waals surface area contributed by atoms with Crippen molar-refractivity contribution in [3.63, 3.8) is 0 Å². The topological polar surface area (TPSA) is 119 Å². The lowest BCUT2D eigenvalue weighted by atomic mass is 9.96. The molecular formula is C15H16N6O4S. The lowest BCUT2D eigenvalue weighted by Gasteiger charge is -2.30. The van der Waals surface area contributed by atoms with E-state index < -0.39 is 4.92 Å². The summed E-state index contributed by atoms with van der Waals surface area (Å²) in [5, 5.41) is 19.7. The molecule has 3 aromatic heterocycles. The third-order valence-electron chi connectivity index (χ3n) is 4.44. The summed E-state index contributed by atoms with van der Waals surface area (Å²) in [5.74, 6) is 1.08. The van der Waals surface area contributed by atoms with E-state index in [1.54, 1.807) is 24.6 Å². The van der Waals surface area contributed by atoms with Crippen LogP contribution in [-0.4, -0.2) is 38.5 Å². The van der Waals surface area contributed by atoms with Gasteiger partial charge in [0.15, 0.2) is 5.82 Å². The Morgan fingerprint density at radius 1 is 1.46 bits per heavy atom. The molecule has 4 rings (SSSR count). The van der Waals surface area contributed by atoms with Crippen molar-refractivity contribution in [2.45, 2.75) is 19.8 Å². The quantitative estimate of drug-likeness (QED) is 0.549. The molecule has 1 aliphatic rings. The highest BCUT2D eigenvalue weighted by atomic mass is 32.1. The molecule has 1 saturated heterocycles. The zero-order valence-corrected chi connectivity index (χ0v) is 14.7. The minimum absolute atomic E-state index is 0.0257. The number of aromatic nitrogens is 3. The summed E-state index contributed by atoms with van der Waals surface area (Å²) >= 11 is 1.35. The fourth-order valence-electron chi connectivity index (χ4n) is 3.15. The Kier molecular flexibility index (Phi) is 4.07. The number of thiazole rings is 1. The molecule has 136 valence electrons. The van der Waals surface area contributed by atoms with Crippen LogP contribution in [0.15, 0.2) is 22.2 Å². The van der Waals surface area contributed by atoms with Gasteiger partial charge in [0, 0.05) is 30.5 Å². The van der Waals surface area contributed by atoms with Crippen molar-refractivity contribution in [2.24, 2.45) is 5.92 Å². The molecule has 4 heterocycles. The lowest BCUT2D eigenvalue weighted by Crippen LogP contribution is -2.38. The molecule has 1 fully saturated rings. The highest BCUT2D eigenvalue weighted by Gasteiger charge is 2.32. The van der Waals surface area contributed by atoms with E-state index in [0.29, 0.717) is 48.3 Å². The van der Waals surface area contributed by atoms with Gasteiger partial charge >= 0.3 is 5.82 Å². The summed E-state index contributed by atoms with van der Waals surface area (Å²) in [6, 6.07) is 1.66. The smallest absolute Gasteiger partial charge is 0.360 e. The number of fused-ring (bicyclic) bond motifs is 1. The van der Waals surface area contributed by atoms with Crippen molar-refractivity contribution in [3.05, 3.63) is 33.5 Å². The Morgan fingerprint density at radius 2 is 2.23 bits per heavy atom. The summed E-state index contributed by atoms with van der Waals surface area (Å²) in [4.78, 5) is 30.3. The number of carbonyl (C=O) groups is 1. The molecule has 1 amide bonds. The van der Waals surface area contributed by atoms with Gasteiger partial charge in [0.25, 0.3) is 4.96 Å². The minimum Gasteiger partial charge on any atom is -0.360 e. The maximum Gasteiger partial charge on any atom is 0.373 e. The minimum atomic E-state index is -0.409. The van der Waals surface area contributed by atoms with Gasteiger partial charge in [0.2, 0.25) is 11.7 Å². The number of hydrogen-bond acceptors (Lipinski definition) is 8. The zero-order chi connectivity index (χ0) is 18.3. The summed E-state index contributed by atoms with van der Waals surface area (Å²) < 4.78 is 6.43. The number of rotatable bonds is 4. The Hall–Kier alpha value is -2.95. The van der Waals surface area contributed by atoms with E-state index in [1.807, 2.05) is 4.90 Å². The Morgan fingerprint density at radius 3 is 2.88 bits per heavy atom. The first-order valence-corrected chi connectivity index (χ1v) is 9.00. The largest absolute Gasteiger partial charge is 0.373 e. The van der Waals surface area contributed by atoms with E-state index in [-0.39, 0.29) is 17.6 Å². The van der Waals surface area contributed by atoms with Crippen molar-refractivity contribution in [3.8, 4) is 0 Å². The SMILES string of the molecule is Cc1cc(NC(=O)C2CCN(c3nc4sccn4c3[N+](=O)[O-])CC2)no1. The van der Waals surface area contributed by atoms with Crippen LogP contribution in [-0.2, 0) is 4.79 Å². The fourth-order valence-corrected chi connectivity index (χ4v) is 3.86. The van der Waals surface area contributed by atoms with E-state index in [4.69, 9.17) is 4.52 Å². The van der Waals surface area contributed by atoms with Crippen LogP contribution < -0.4 is 10.2 Å². The van der Waals surface area contributed by atoms with Crippen LogP contribution in [0.5, 0.6) is 0 Å². The second-order valence-corrected chi connectivity index (χ2v) is 7.02. The molecule has 11 heteroatoms. The van der Waals surface area contributed by atoms with E-state index in [9.17, 15) is 14.9 Å². The van der Waals surface area contributed by atoms with Gasteiger partial charge in [-0.2, -0.15) is 9.38 Å². The lowest BCUT2D eigenvalue weighted by molar-refractivity contribution is -0.389.